The van der Waals surface area contributed by atoms with Gasteiger partial charge in [-0.2, -0.15) is 0 Å². The molecule has 1 aliphatic heterocycles. The third-order valence-electron chi connectivity index (χ3n) is 3.11. The van der Waals surface area contributed by atoms with Crippen molar-refractivity contribution in [1.82, 2.24) is 20.3 Å². The van der Waals surface area contributed by atoms with Crippen LogP contribution in [0.5, 0.6) is 0 Å². The van der Waals surface area contributed by atoms with Crippen LogP contribution in [0.2, 0.25) is 5.02 Å². The highest BCUT2D eigenvalue weighted by atomic mass is 35.5. The molecule has 0 saturated heterocycles. The smallest absolute Gasteiger partial charge is 0.180 e. The van der Waals surface area contributed by atoms with E-state index in [1.165, 1.54) is 5.56 Å². The second-order valence-corrected chi connectivity index (χ2v) is 4.73. The third kappa shape index (κ3) is 1.98. The van der Waals surface area contributed by atoms with Crippen molar-refractivity contribution < 1.29 is 0 Å². The maximum atomic E-state index is 6.14. The molecule has 3 rings (SSSR count). The van der Waals surface area contributed by atoms with E-state index in [1.807, 2.05) is 13.0 Å². The minimum absolute atomic E-state index is 0.589. The Hall–Kier alpha value is -1.52. The molecule has 92 valence electrons. The van der Waals surface area contributed by atoms with E-state index in [0.29, 0.717) is 16.5 Å². The molecule has 0 aliphatic carbocycles. The Kier molecular flexibility index (Phi) is 2.97. The number of hydrogen-bond acceptors (Lipinski definition) is 4. The SMILES string of the molecule is Cc1nc(-c2ncccc2Cl)nc2c1CNCC2. The maximum absolute atomic E-state index is 6.14. The van der Waals surface area contributed by atoms with Crippen LogP contribution in [0.25, 0.3) is 11.5 Å². The second-order valence-electron chi connectivity index (χ2n) is 4.32. The Morgan fingerprint density at radius 1 is 1.33 bits per heavy atom. The van der Waals surface area contributed by atoms with Crippen LogP contribution < -0.4 is 5.32 Å². The van der Waals surface area contributed by atoms with Crippen LogP contribution in [0, 0.1) is 6.92 Å². The lowest BCUT2D eigenvalue weighted by Crippen LogP contribution is -2.26. The highest BCUT2D eigenvalue weighted by Crippen LogP contribution is 2.24. The summed E-state index contributed by atoms with van der Waals surface area (Å²) in [6.45, 7) is 3.81. The molecule has 0 atom stereocenters. The van der Waals surface area contributed by atoms with Crippen LogP contribution in [0.3, 0.4) is 0 Å². The zero-order valence-corrected chi connectivity index (χ0v) is 10.8. The van der Waals surface area contributed by atoms with E-state index >= 15 is 0 Å². The maximum Gasteiger partial charge on any atom is 0.180 e. The van der Waals surface area contributed by atoms with Crippen molar-refractivity contribution in [3.05, 3.63) is 40.3 Å². The molecular formula is C13H13ClN4. The highest BCUT2D eigenvalue weighted by Gasteiger charge is 2.17. The molecule has 0 fully saturated rings. The molecule has 2 aromatic rings. The van der Waals surface area contributed by atoms with E-state index in [-0.39, 0.29) is 0 Å². The van der Waals surface area contributed by atoms with Crippen molar-refractivity contribution in [2.24, 2.45) is 0 Å². The lowest BCUT2D eigenvalue weighted by atomic mass is 10.1. The monoisotopic (exact) mass is 260 g/mol. The minimum atomic E-state index is 0.589. The van der Waals surface area contributed by atoms with Gasteiger partial charge in [0.25, 0.3) is 0 Å². The van der Waals surface area contributed by atoms with E-state index in [2.05, 4.69) is 20.3 Å². The Morgan fingerprint density at radius 3 is 3.06 bits per heavy atom. The summed E-state index contributed by atoms with van der Waals surface area (Å²) in [6.07, 6.45) is 2.64. The van der Waals surface area contributed by atoms with Crippen LogP contribution >= 0.6 is 11.6 Å². The summed E-state index contributed by atoms with van der Waals surface area (Å²) in [5, 5.41) is 3.92. The molecule has 4 nitrogen and oxygen atoms in total. The van der Waals surface area contributed by atoms with Crippen molar-refractivity contribution >= 4 is 11.6 Å². The lowest BCUT2D eigenvalue weighted by Gasteiger charge is -2.18. The Morgan fingerprint density at radius 2 is 2.22 bits per heavy atom. The van der Waals surface area contributed by atoms with Gasteiger partial charge in [0.15, 0.2) is 5.82 Å². The van der Waals surface area contributed by atoms with Gasteiger partial charge in [0.1, 0.15) is 5.69 Å². The number of halogens is 1. The first-order valence-electron chi connectivity index (χ1n) is 5.93. The van der Waals surface area contributed by atoms with Crippen LogP contribution in [-0.2, 0) is 13.0 Å². The van der Waals surface area contributed by atoms with Gasteiger partial charge in [-0.3, -0.25) is 4.98 Å². The molecule has 0 amide bonds. The fourth-order valence-corrected chi connectivity index (χ4v) is 2.37. The second kappa shape index (κ2) is 4.63. The van der Waals surface area contributed by atoms with Crippen LogP contribution in [0.4, 0.5) is 0 Å². The molecule has 0 saturated carbocycles. The van der Waals surface area contributed by atoms with Crippen LogP contribution in [-0.4, -0.2) is 21.5 Å². The van der Waals surface area contributed by atoms with Crippen LogP contribution in [0.15, 0.2) is 18.3 Å². The molecular weight excluding hydrogens is 248 g/mol. The number of aromatic nitrogens is 3. The average molecular weight is 261 g/mol. The predicted molar refractivity (Wildman–Crippen MR) is 70.4 cm³/mol. The molecule has 2 aromatic heterocycles. The summed E-state index contributed by atoms with van der Waals surface area (Å²) in [5.74, 6) is 0.624. The molecule has 1 N–H and O–H groups in total. The number of pyridine rings is 1. The predicted octanol–water partition coefficient (Wildman–Crippen LogP) is 2.15. The van der Waals surface area contributed by atoms with Crippen molar-refractivity contribution in [2.75, 3.05) is 6.54 Å². The van der Waals surface area contributed by atoms with E-state index in [9.17, 15) is 0 Å². The van der Waals surface area contributed by atoms with Crippen molar-refractivity contribution in [1.29, 1.82) is 0 Å². The summed E-state index contributed by atoms with van der Waals surface area (Å²) in [5.41, 5.74) is 3.97. The first-order chi connectivity index (χ1) is 8.75. The molecule has 0 aromatic carbocycles. The van der Waals surface area contributed by atoms with Gasteiger partial charge < -0.3 is 5.32 Å². The van der Waals surface area contributed by atoms with E-state index in [0.717, 1.165) is 30.9 Å². The Bertz CT molecular complexity index is 598. The van der Waals surface area contributed by atoms with Crippen molar-refractivity contribution in [3.63, 3.8) is 0 Å². The lowest BCUT2D eigenvalue weighted by molar-refractivity contribution is 0.621. The van der Waals surface area contributed by atoms with Crippen molar-refractivity contribution in [3.8, 4) is 11.5 Å². The number of nitrogens with one attached hydrogen (secondary N) is 1. The molecule has 18 heavy (non-hydrogen) atoms. The molecule has 1 aliphatic rings. The van der Waals surface area contributed by atoms with Crippen molar-refractivity contribution in [2.45, 2.75) is 19.9 Å². The highest BCUT2D eigenvalue weighted by molar-refractivity contribution is 6.32. The third-order valence-corrected chi connectivity index (χ3v) is 3.42. The molecule has 0 radical (unpaired) electrons. The van der Waals surface area contributed by atoms with Crippen LogP contribution in [0.1, 0.15) is 17.0 Å². The summed E-state index contributed by atoms with van der Waals surface area (Å²) in [7, 11) is 0. The van der Waals surface area contributed by atoms with Gasteiger partial charge in [-0.1, -0.05) is 11.6 Å². The normalized spacial score (nSPS) is 14.3. The standard InChI is InChI=1S/C13H13ClN4/c1-8-9-7-15-6-4-11(9)18-13(17-8)12-10(14)3-2-5-16-12/h2-3,5,15H,4,6-7H2,1H3. The fourth-order valence-electron chi connectivity index (χ4n) is 2.17. The quantitative estimate of drug-likeness (QED) is 0.854. The first-order valence-corrected chi connectivity index (χ1v) is 6.31. The van der Waals surface area contributed by atoms with Gasteiger partial charge in [-0.25, -0.2) is 9.97 Å². The summed E-state index contributed by atoms with van der Waals surface area (Å²) >= 11 is 6.14. The van der Waals surface area contributed by atoms with Gasteiger partial charge in [-0.05, 0) is 19.1 Å². The van der Waals surface area contributed by atoms with Gasteiger partial charge >= 0.3 is 0 Å². The van der Waals surface area contributed by atoms with E-state index in [1.54, 1.807) is 12.3 Å². The molecule has 5 heteroatoms. The topological polar surface area (TPSA) is 50.7 Å². The number of fused-ring (bicyclic) bond motifs is 1. The minimum Gasteiger partial charge on any atom is -0.312 e. The molecule has 0 spiro atoms. The Labute approximate surface area is 110 Å². The largest absolute Gasteiger partial charge is 0.312 e. The summed E-state index contributed by atoms with van der Waals surface area (Å²) in [6, 6.07) is 3.62. The average Bonchev–Trinajstić information content (AvgIpc) is 2.39. The fraction of sp³-hybridized carbons (Fsp3) is 0.308. The van der Waals surface area contributed by atoms with E-state index in [4.69, 9.17) is 11.6 Å². The first kappa shape index (κ1) is 11.6. The molecule has 0 bridgehead atoms. The van der Waals surface area contributed by atoms with Gasteiger partial charge in [0.2, 0.25) is 0 Å². The zero-order chi connectivity index (χ0) is 12.5. The molecule has 3 heterocycles. The number of rotatable bonds is 1. The van der Waals surface area contributed by atoms with E-state index < -0.39 is 0 Å². The number of hydrogen-bond donors (Lipinski definition) is 1. The number of aryl methyl sites for hydroxylation is 1. The zero-order valence-electron chi connectivity index (χ0n) is 10.1. The molecule has 0 unspecified atom stereocenters. The van der Waals surface area contributed by atoms with Gasteiger partial charge in [0.05, 0.1) is 10.7 Å². The summed E-state index contributed by atoms with van der Waals surface area (Å²) in [4.78, 5) is 13.4. The van der Waals surface area contributed by atoms with Gasteiger partial charge in [-0.15, -0.1) is 0 Å². The van der Waals surface area contributed by atoms with Gasteiger partial charge in [0, 0.05) is 37.0 Å². The Balaban J connectivity index is 2.14. The summed E-state index contributed by atoms with van der Waals surface area (Å²) < 4.78 is 0. The number of nitrogens with zero attached hydrogens (tertiary/aromatic N) is 3.